The Labute approximate surface area is 149 Å². The van der Waals surface area contributed by atoms with Crippen LogP contribution in [0.4, 0.5) is 11.5 Å². The van der Waals surface area contributed by atoms with Crippen LogP contribution in [0.1, 0.15) is 30.7 Å². The molecule has 0 atom stereocenters. The number of para-hydroxylation sites is 2. The summed E-state index contributed by atoms with van der Waals surface area (Å²) in [6, 6.07) is 7.90. The van der Waals surface area contributed by atoms with Crippen LogP contribution in [0, 0.1) is 0 Å². The second-order valence-electron chi connectivity index (χ2n) is 6.17. The second-order valence-corrected chi connectivity index (χ2v) is 7.59. The Morgan fingerprint density at radius 2 is 2.04 bits per heavy atom. The van der Waals surface area contributed by atoms with Crippen molar-refractivity contribution in [2.75, 3.05) is 5.32 Å². The predicted molar refractivity (Wildman–Crippen MR) is 99.9 cm³/mol. The van der Waals surface area contributed by atoms with Gasteiger partial charge in [-0.15, -0.1) is 11.3 Å². The van der Waals surface area contributed by atoms with Crippen molar-refractivity contribution >= 4 is 44.7 Å². The van der Waals surface area contributed by atoms with E-state index in [1.165, 1.54) is 16.9 Å². The molecule has 124 valence electrons. The highest BCUT2D eigenvalue weighted by atomic mass is 35.5. The molecule has 1 N–H and O–H groups in total. The number of ether oxygens (including phenoxy) is 1. The van der Waals surface area contributed by atoms with Gasteiger partial charge >= 0.3 is 0 Å². The van der Waals surface area contributed by atoms with E-state index in [0.717, 1.165) is 40.3 Å². The molecule has 0 unspecified atom stereocenters. The Bertz CT molecular complexity index is 907. The molecule has 0 saturated carbocycles. The summed E-state index contributed by atoms with van der Waals surface area (Å²) in [6.45, 7) is 4.03. The van der Waals surface area contributed by atoms with Crippen molar-refractivity contribution < 1.29 is 4.74 Å². The summed E-state index contributed by atoms with van der Waals surface area (Å²) in [5, 5.41) is 4.80. The molecule has 1 aliphatic carbocycles. The molecule has 2 heterocycles. The fourth-order valence-electron chi connectivity index (χ4n) is 3.11. The number of fused-ring (bicyclic) bond motifs is 3. The Morgan fingerprint density at radius 3 is 2.88 bits per heavy atom. The van der Waals surface area contributed by atoms with Crippen LogP contribution in [0.15, 0.2) is 24.3 Å². The van der Waals surface area contributed by atoms with Gasteiger partial charge < -0.3 is 10.1 Å². The molecule has 2 aromatic heterocycles. The average molecular weight is 360 g/mol. The zero-order chi connectivity index (χ0) is 16.7. The van der Waals surface area contributed by atoms with Gasteiger partial charge in [-0.2, -0.15) is 4.98 Å². The number of anilines is 2. The lowest BCUT2D eigenvalue weighted by Crippen LogP contribution is -2.07. The maximum absolute atomic E-state index is 6.15. The van der Waals surface area contributed by atoms with Crippen LogP contribution in [0.3, 0.4) is 0 Å². The van der Waals surface area contributed by atoms with E-state index in [4.69, 9.17) is 16.3 Å². The first-order valence-corrected chi connectivity index (χ1v) is 9.32. The van der Waals surface area contributed by atoms with Crippen LogP contribution in [-0.4, -0.2) is 16.1 Å². The van der Waals surface area contributed by atoms with Gasteiger partial charge in [0.15, 0.2) is 0 Å². The minimum atomic E-state index is 0.104. The summed E-state index contributed by atoms with van der Waals surface area (Å²) >= 11 is 7.88. The molecule has 1 aliphatic rings. The Kier molecular flexibility index (Phi) is 4.06. The fourth-order valence-corrected chi connectivity index (χ4v) is 4.59. The smallest absolute Gasteiger partial charge is 0.225 e. The lowest BCUT2D eigenvalue weighted by molar-refractivity contribution is 0.244. The van der Waals surface area contributed by atoms with Gasteiger partial charge in [-0.25, -0.2) is 4.98 Å². The molecule has 24 heavy (non-hydrogen) atoms. The van der Waals surface area contributed by atoms with E-state index >= 15 is 0 Å². The Hall–Kier alpha value is -1.85. The van der Waals surface area contributed by atoms with Crippen LogP contribution in [0.2, 0.25) is 5.28 Å². The van der Waals surface area contributed by atoms with Gasteiger partial charge in [0.1, 0.15) is 16.4 Å². The van der Waals surface area contributed by atoms with Gasteiger partial charge in [0, 0.05) is 4.88 Å². The monoisotopic (exact) mass is 359 g/mol. The molecular formula is C18H18ClN3OS. The largest absolute Gasteiger partial charge is 0.489 e. The Morgan fingerprint density at radius 1 is 1.21 bits per heavy atom. The van der Waals surface area contributed by atoms with E-state index in [2.05, 4.69) is 15.3 Å². The molecule has 0 spiro atoms. The SMILES string of the molecule is CC(C)Oc1ccccc1Nc1nc(Cl)nc2sc3c(c12)CCC3. The number of hydrogen-bond donors (Lipinski definition) is 1. The van der Waals surface area contributed by atoms with E-state index in [1.807, 2.05) is 38.1 Å². The molecule has 0 bridgehead atoms. The Balaban J connectivity index is 1.81. The maximum Gasteiger partial charge on any atom is 0.225 e. The number of aromatic nitrogens is 2. The molecule has 0 saturated heterocycles. The van der Waals surface area contributed by atoms with E-state index in [0.29, 0.717) is 0 Å². The zero-order valence-corrected chi connectivity index (χ0v) is 15.2. The third kappa shape index (κ3) is 2.82. The van der Waals surface area contributed by atoms with Crippen LogP contribution >= 0.6 is 22.9 Å². The highest BCUT2D eigenvalue weighted by molar-refractivity contribution is 7.19. The van der Waals surface area contributed by atoms with Crippen LogP contribution in [0.25, 0.3) is 10.2 Å². The average Bonchev–Trinajstić information content (AvgIpc) is 3.08. The maximum atomic E-state index is 6.15. The summed E-state index contributed by atoms with van der Waals surface area (Å²) in [6.07, 6.45) is 3.51. The lowest BCUT2D eigenvalue weighted by Gasteiger charge is -2.15. The fraction of sp³-hybridized carbons (Fsp3) is 0.333. The van der Waals surface area contributed by atoms with Gasteiger partial charge in [-0.05, 0) is 62.4 Å². The molecule has 6 heteroatoms. The van der Waals surface area contributed by atoms with Crippen molar-refractivity contribution in [1.29, 1.82) is 0 Å². The summed E-state index contributed by atoms with van der Waals surface area (Å²) in [7, 11) is 0. The van der Waals surface area contributed by atoms with E-state index in [1.54, 1.807) is 11.3 Å². The van der Waals surface area contributed by atoms with Gasteiger partial charge in [0.2, 0.25) is 5.28 Å². The summed E-state index contributed by atoms with van der Waals surface area (Å²) in [5.74, 6) is 1.58. The number of benzene rings is 1. The minimum Gasteiger partial charge on any atom is -0.489 e. The zero-order valence-electron chi connectivity index (χ0n) is 13.6. The number of nitrogens with one attached hydrogen (secondary N) is 1. The second kappa shape index (κ2) is 6.22. The standard InChI is InChI=1S/C18H18ClN3OS/c1-10(2)23-13-8-4-3-7-12(13)20-16-15-11-6-5-9-14(11)24-17(15)22-18(19)21-16/h3-4,7-8,10H,5-6,9H2,1-2H3,(H,20,21,22). The van der Waals surface area contributed by atoms with Gasteiger partial charge in [0.05, 0.1) is 17.2 Å². The molecule has 3 aromatic rings. The lowest BCUT2D eigenvalue weighted by atomic mass is 10.2. The molecule has 0 amide bonds. The number of thiophene rings is 1. The van der Waals surface area contributed by atoms with Crippen LogP contribution < -0.4 is 10.1 Å². The van der Waals surface area contributed by atoms with Gasteiger partial charge in [0.25, 0.3) is 0 Å². The molecule has 4 rings (SSSR count). The molecule has 0 aliphatic heterocycles. The normalized spacial score (nSPS) is 13.5. The third-order valence-corrected chi connectivity index (χ3v) is 5.39. The van der Waals surface area contributed by atoms with Crippen molar-refractivity contribution in [2.45, 2.75) is 39.2 Å². The highest BCUT2D eigenvalue weighted by Crippen LogP contribution is 2.41. The summed E-state index contributed by atoms with van der Waals surface area (Å²) < 4.78 is 5.90. The highest BCUT2D eigenvalue weighted by Gasteiger charge is 2.22. The first kappa shape index (κ1) is 15.7. The van der Waals surface area contributed by atoms with E-state index < -0.39 is 0 Å². The molecular weight excluding hydrogens is 342 g/mol. The van der Waals surface area contributed by atoms with Gasteiger partial charge in [-0.3, -0.25) is 0 Å². The van der Waals surface area contributed by atoms with Crippen LogP contribution in [-0.2, 0) is 12.8 Å². The van der Waals surface area contributed by atoms with Crippen molar-refractivity contribution in [1.82, 2.24) is 9.97 Å². The number of rotatable bonds is 4. The van der Waals surface area contributed by atoms with Gasteiger partial charge in [-0.1, -0.05) is 12.1 Å². The molecule has 0 radical (unpaired) electrons. The molecule has 1 aromatic carbocycles. The topological polar surface area (TPSA) is 47.0 Å². The number of hydrogen-bond acceptors (Lipinski definition) is 5. The molecule has 4 nitrogen and oxygen atoms in total. The van der Waals surface area contributed by atoms with E-state index in [9.17, 15) is 0 Å². The van der Waals surface area contributed by atoms with E-state index in [-0.39, 0.29) is 11.4 Å². The first-order chi connectivity index (χ1) is 11.6. The van der Waals surface area contributed by atoms with Crippen molar-refractivity contribution in [3.8, 4) is 5.75 Å². The summed E-state index contributed by atoms with van der Waals surface area (Å²) in [4.78, 5) is 11.3. The minimum absolute atomic E-state index is 0.104. The quantitative estimate of drug-likeness (QED) is 0.636. The number of halogens is 1. The third-order valence-electron chi connectivity index (χ3n) is 4.04. The number of nitrogens with zero attached hydrogens (tertiary/aromatic N) is 2. The first-order valence-electron chi connectivity index (χ1n) is 8.12. The number of aryl methyl sites for hydroxylation is 2. The van der Waals surface area contributed by atoms with Crippen LogP contribution in [0.5, 0.6) is 5.75 Å². The van der Waals surface area contributed by atoms with Crippen molar-refractivity contribution in [3.05, 3.63) is 40.0 Å². The summed E-state index contributed by atoms with van der Waals surface area (Å²) in [5.41, 5.74) is 2.26. The van der Waals surface area contributed by atoms with Crippen molar-refractivity contribution in [2.24, 2.45) is 0 Å². The van der Waals surface area contributed by atoms with Crippen molar-refractivity contribution in [3.63, 3.8) is 0 Å². The predicted octanol–water partition coefficient (Wildman–Crippen LogP) is 5.36. The molecule has 0 fully saturated rings.